The quantitative estimate of drug-likeness (QED) is 0.869. The minimum atomic E-state index is 0.426. The molecule has 0 atom stereocenters. The van der Waals surface area contributed by atoms with Crippen molar-refractivity contribution in [1.82, 2.24) is 4.98 Å². The standard InChI is InChI=1S/C8H7Cl3N2/c1-5(9)3-12-8-7(11)2-6(10)4-13-8/h2,4H,1,3H2,(H,12,13). The second kappa shape index (κ2) is 4.70. The lowest BCUT2D eigenvalue weighted by Gasteiger charge is -2.05. The van der Waals surface area contributed by atoms with Crippen LogP contribution in [0.3, 0.4) is 0 Å². The second-order valence-electron chi connectivity index (χ2n) is 2.35. The summed E-state index contributed by atoms with van der Waals surface area (Å²) in [4.78, 5) is 3.98. The zero-order valence-electron chi connectivity index (χ0n) is 6.65. The van der Waals surface area contributed by atoms with Gasteiger partial charge in [0.05, 0.1) is 16.6 Å². The van der Waals surface area contributed by atoms with E-state index in [9.17, 15) is 0 Å². The molecule has 0 aliphatic carbocycles. The molecule has 0 fully saturated rings. The molecular weight excluding hydrogens is 230 g/mol. The minimum Gasteiger partial charge on any atom is -0.364 e. The van der Waals surface area contributed by atoms with Gasteiger partial charge in [-0.2, -0.15) is 0 Å². The van der Waals surface area contributed by atoms with Gasteiger partial charge < -0.3 is 5.32 Å². The van der Waals surface area contributed by atoms with Gasteiger partial charge in [0, 0.05) is 11.2 Å². The highest BCUT2D eigenvalue weighted by Gasteiger charge is 2.01. The number of halogens is 3. The highest BCUT2D eigenvalue weighted by molar-refractivity contribution is 6.36. The van der Waals surface area contributed by atoms with Crippen molar-refractivity contribution in [3.05, 3.63) is 33.9 Å². The zero-order chi connectivity index (χ0) is 9.84. The molecule has 1 heterocycles. The highest BCUT2D eigenvalue weighted by Crippen LogP contribution is 2.22. The van der Waals surface area contributed by atoms with Crippen LogP contribution in [0.2, 0.25) is 10.0 Å². The van der Waals surface area contributed by atoms with Gasteiger partial charge in [0.25, 0.3) is 0 Å². The topological polar surface area (TPSA) is 24.9 Å². The van der Waals surface area contributed by atoms with E-state index in [-0.39, 0.29) is 0 Å². The lowest BCUT2D eigenvalue weighted by Crippen LogP contribution is -2.03. The first-order valence-electron chi connectivity index (χ1n) is 3.48. The molecule has 1 aromatic rings. The molecule has 70 valence electrons. The van der Waals surface area contributed by atoms with Gasteiger partial charge in [0.1, 0.15) is 5.82 Å². The van der Waals surface area contributed by atoms with Crippen LogP contribution in [-0.4, -0.2) is 11.5 Å². The van der Waals surface area contributed by atoms with Crippen molar-refractivity contribution in [1.29, 1.82) is 0 Å². The molecule has 5 heteroatoms. The van der Waals surface area contributed by atoms with Crippen LogP contribution in [0.5, 0.6) is 0 Å². The fourth-order valence-electron chi connectivity index (χ4n) is 0.724. The lowest BCUT2D eigenvalue weighted by atomic mass is 10.4. The van der Waals surface area contributed by atoms with Crippen molar-refractivity contribution in [2.24, 2.45) is 0 Å². The number of aromatic nitrogens is 1. The number of hydrogen-bond acceptors (Lipinski definition) is 2. The van der Waals surface area contributed by atoms with E-state index in [0.29, 0.717) is 27.4 Å². The Kier molecular flexibility index (Phi) is 3.85. The van der Waals surface area contributed by atoms with E-state index in [0.717, 1.165) is 0 Å². The number of hydrogen-bond donors (Lipinski definition) is 1. The molecule has 0 aliphatic heterocycles. The summed E-state index contributed by atoms with van der Waals surface area (Å²) in [6, 6.07) is 1.61. The predicted octanol–water partition coefficient (Wildman–Crippen LogP) is 3.55. The Bertz CT molecular complexity index is 325. The summed E-state index contributed by atoms with van der Waals surface area (Å²) in [6.07, 6.45) is 1.51. The Balaban J connectivity index is 2.72. The van der Waals surface area contributed by atoms with Crippen LogP contribution in [0.1, 0.15) is 0 Å². The van der Waals surface area contributed by atoms with Crippen molar-refractivity contribution in [3.63, 3.8) is 0 Å². The molecule has 0 unspecified atom stereocenters. The third-order valence-corrected chi connectivity index (χ3v) is 1.88. The SMILES string of the molecule is C=C(Cl)CNc1ncc(Cl)cc1Cl. The van der Waals surface area contributed by atoms with Crippen molar-refractivity contribution in [3.8, 4) is 0 Å². The fourth-order valence-corrected chi connectivity index (χ4v) is 1.24. The molecule has 0 saturated carbocycles. The summed E-state index contributed by atoms with van der Waals surface area (Å²) in [6.45, 7) is 3.95. The van der Waals surface area contributed by atoms with Gasteiger partial charge >= 0.3 is 0 Å². The summed E-state index contributed by atoms with van der Waals surface area (Å²) in [5.74, 6) is 0.549. The molecule has 0 spiro atoms. The van der Waals surface area contributed by atoms with Gasteiger partial charge in [0.2, 0.25) is 0 Å². The van der Waals surface area contributed by atoms with Crippen LogP contribution in [0.25, 0.3) is 0 Å². The van der Waals surface area contributed by atoms with Crippen molar-refractivity contribution >= 4 is 40.6 Å². The highest BCUT2D eigenvalue weighted by atomic mass is 35.5. The number of rotatable bonds is 3. The molecule has 0 amide bonds. The smallest absolute Gasteiger partial charge is 0.145 e. The third kappa shape index (κ3) is 3.43. The van der Waals surface area contributed by atoms with Crippen LogP contribution >= 0.6 is 34.8 Å². The Labute approximate surface area is 91.5 Å². The Morgan fingerprint density at radius 2 is 2.23 bits per heavy atom. The first-order chi connectivity index (χ1) is 6.09. The molecule has 1 N–H and O–H groups in total. The van der Waals surface area contributed by atoms with Crippen LogP contribution in [0, 0.1) is 0 Å². The van der Waals surface area contributed by atoms with E-state index in [1.165, 1.54) is 6.20 Å². The average Bonchev–Trinajstić information content (AvgIpc) is 2.02. The normalized spacial score (nSPS) is 9.77. The van der Waals surface area contributed by atoms with E-state index in [2.05, 4.69) is 16.9 Å². The molecule has 0 saturated heterocycles. The maximum absolute atomic E-state index is 5.83. The van der Waals surface area contributed by atoms with Crippen LogP contribution in [0.15, 0.2) is 23.9 Å². The molecule has 1 aromatic heterocycles. The predicted molar refractivity (Wildman–Crippen MR) is 57.7 cm³/mol. The summed E-state index contributed by atoms with van der Waals surface area (Å²) in [7, 11) is 0. The maximum Gasteiger partial charge on any atom is 0.145 e. The molecule has 2 nitrogen and oxygen atoms in total. The van der Waals surface area contributed by atoms with E-state index in [1.807, 2.05) is 0 Å². The van der Waals surface area contributed by atoms with Crippen molar-refractivity contribution in [2.75, 3.05) is 11.9 Å². The molecule has 0 radical (unpaired) electrons. The van der Waals surface area contributed by atoms with Crippen molar-refractivity contribution < 1.29 is 0 Å². The molecular formula is C8H7Cl3N2. The molecule has 0 aliphatic rings. The Morgan fingerprint density at radius 3 is 2.77 bits per heavy atom. The second-order valence-corrected chi connectivity index (χ2v) is 3.73. The zero-order valence-corrected chi connectivity index (χ0v) is 8.92. The molecule has 13 heavy (non-hydrogen) atoms. The van der Waals surface area contributed by atoms with E-state index in [1.54, 1.807) is 6.07 Å². The van der Waals surface area contributed by atoms with Gasteiger partial charge in [-0.25, -0.2) is 4.98 Å². The fraction of sp³-hybridized carbons (Fsp3) is 0.125. The average molecular weight is 238 g/mol. The lowest BCUT2D eigenvalue weighted by molar-refractivity contribution is 1.22. The number of nitrogens with one attached hydrogen (secondary N) is 1. The van der Waals surface area contributed by atoms with Gasteiger partial charge in [-0.15, -0.1) is 0 Å². The first kappa shape index (κ1) is 10.6. The van der Waals surface area contributed by atoms with Gasteiger partial charge in [-0.1, -0.05) is 41.4 Å². The largest absolute Gasteiger partial charge is 0.364 e. The maximum atomic E-state index is 5.83. The monoisotopic (exact) mass is 236 g/mol. The summed E-state index contributed by atoms with van der Waals surface area (Å²) >= 11 is 17.0. The molecule has 0 aromatic carbocycles. The van der Waals surface area contributed by atoms with Gasteiger partial charge in [-0.3, -0.25) is 0 Å². The molecule has 0 bridgehead atoms. The first-order valence-corrected chi connectivity index (χ1v) is 4.61. The van der Waals surface area contributed by atoms with Crippen LogP contribution < -0.4 is 5.32 Å². The summed E-state index contributed by atoms with van der Waals surface area (Å²) in [5, 5.41) is 4.36. The third-order valence-electron chi connectivity index (χ3n) is 1.26. The number of nitrogens with zero attached hydrogens (tertiary/aromatic N) is 1. The van der Waals surface area contributed by atoms with E-state index >= 15 is 0 Å². The van der Waals surface area contributed by atoms with Crippen LogP contribution in [-0.2, 0) is 0 Å². The Hall–Kier alpha value is -0.440. The summed E-state index contributed by atoms with van der Waals surface area (Å²) in [5.41, 5.74) is 0. The van der Waals surface area contributed by atoms with Crippen molar-refractivity contribution in [2.45, 2.75) is 0 Å². The number of anilines is 1. The molecule has 1 rings (SSSR count). The summed E-state index contributed by atoms with van der Waals surface area (Å²) < 4.78 is 0. The Morgan fingerprint density at radius 1 is 1.54 bits per heavy atom. The van der Waals surface area contributed by atoms with Gasteiger partial charge in [-0.05, 0) is 6.07 Å². The van der Waals surface area contributed by atoms with Crippen LogP contribution in [0.4, 0.5) is 5.82 Å². The van der Waals surface area contributed by atoms with Gasteiger partial charge in [0.15, 0.2) is 0 Å². The van der Waals surface area contributed by atoms with E-state index in [4.69, 9.17) is 34.8 Å². The van der Waals surface area contributed by atoms with E-state index < -0.39 is 0 Å². The number of pyridine rings is 1. The minimum absolute atomic E-state index is 0.426.